The van der Waals surface area contributed by atoms with Gasteiger partial charge in [0.15, 0.2) is 0 Å². The molecule has 0 aromatic heterocycles. The third kappa shape index (κ3) is 4.42. The van der Waals surface area contributed by atoms with Gasteiger partial charge in [-0.1, -0.05) is 0 Å². The third-order valence-electron chi connectivity index (χ3n) is 2.58. The van der Waals surface area contributed by atoms with Gasteiger partial charge < -0.3 is 0 Å². The average molecular weight is 368 g/mol. The summed E-state index contributed by atoms with van der Waals surface area (Å²) >= 11 is 14.3. The Morgan fingerprint density at radius 1 is 0.950 bits per heavy atom. The van der Waals surface area contributed by atoms with Crippen LogP contribution in [0.15, 0.2) is 58.5 Å². The third-order valence-corrected chi connectivity index (χ3v) is 3.27. The molecule has 0 aliphatic heterocycles. The normalized spacial score (nSPS) is 11.0. The van der Waals surface area contributed by atoms with Crippen molar-refractivity contribution in [2.24, 2.45) is 9.98 Å². The van der Waals surface area contributed by atoms with Gasteiger partial charge in [0.1, 0.15) is 0 Å². The molecule has 0 fully saturated rings. The standard InChI is InChI=1S/C15H10Cl2N2Se/c16-13-5-1-11(2-6-13)9-18-15(19-10-20)12-3-7-14(17)8-4-12/h1-8H,9H2. The maximum absolute atomic E-state index is 5.88. The van der Waals surface area contributed by atoms with Gasteiger partial charge in [-0.2, -0.15) is 0 Å². The Hall–Kier alpha value is -1.21. The predicted octanol–water partition coefficient (Wildman–Crippen LogP) is 4.01. The van der Waals surface area contributed by atoms with Crippen molar-refractivity contribution in [2.45, 2.75) is 6.54 Å². The van der Waals surface area contributed by atoms with Crippen LogP contribution in [0, 0.1) is 0 Å². The number of aliphatic imine (C=N–C) groups is 2. The predicted molar refractivity (Wildman–Crippen MR) is 86.3 cm³/mol. The van der Waals surface area contributed by atoms with E-state index in [1.807, 2.05) is 48.5 Å². The van der Waals surface area contributed by atoms with Gasteiger partial charge in [0.2, 0.25) is 0 Å². The molecule has 0 unspecified atom stereocenters. The van der Waals surface area contributed by atoms with Gasteiger partial charge >= 0.3 is 136 Å². The molecule has 2 aromatic carbocycles. The number of benzene rings is 2. The number of hydrogen-bond acceptors (Lipinski definition) is 1. The summed E-state index contributed by atoms with van der Waals surface area (Å²) in [4.78, 5) is 8.63. The molecule has 20 heavy (non-hydrogen) atoms. The molecule has 0 saturated heterocycles. The summed E-state index contributed by atoms with van der Waals surface area (Å²) in [5.74, 6) is 0.607. The summed E-state index contributed by atoms with van der Waals surface area (Å²) in [6.07, 6.45) is 0. The van der Waals surface area contributed by atoms with Gasteiger partial charge in [0, 0.05) is 0 Å². The molecule has 0 atom stereocenters. The van der Waals surface area contributed by atoms with Crippen LogP contribution in [0.3, 0.4) is 0 Å². The van der Waals surface area contributed by atoms with Crippen LogP contribution in [0.4, 0.5) is 0 Å². The van der Waals surface area contributed by atoms with Crippen LogP contribution in [-0.4, -0.2) is 26.1 Å². The van der Waals surface area contributed by atoms with E-state index in [9.17, 15) is 0 Å². The molecule has 0 aliphatic rings. The van der Waals surface area contributed by atoms with Gasteiger partial charge in [-0.05, 0) is 0 Å². The average Bonchev–Trinajstić information content (AvgIpc) is 2.46. The molecule has 5 heteroatoms. The van der Waals surface area contributed by atoms with Crippen molar-refractivity contribution in [3.05, 3.63) is 69.7 Å². The Bertz CT molecular complexity index is 657. The van der Waals surface area contributed by atoms with E-state index in [-0.39, 0.29) is 0 Å². The molecular weight excluding hydrogens is 358 g/mol. The van der Waals surface area contributed by atoms with E-state index in [0.29, 0.717) is 22.4 Å². The van der Waals surface area contributed by atoms with E-state index in [2.05, 4.69) is 30.3 Å². The monoisotopic (exact) mass is 368 g/mol. The zero-order chi connectivity index (χ0) is 14.4. The molecule has 0 aliphatic carbocycles. The zero-order valence-corrected chi connectivity index (χ0v) is 13.6. The van der Waals surface area contributed by atoms with Crippen LogP contribution < -0.4 is 0 Å². The second-order valence-electron chi connectivity index (χ2n) is 3.98. The Labute approximate surface area is 135 Å². The molecule has 0 radical (unpaired) electrons. The number of rotatable bonds is 3. The van der Waals surface area contributed by atoms with Crippen molar-refractivity contribution in [3.8, 4) is 0 Å². The van der Waals surface area contributed by atoms with E-state index < -0.39 is 0 Å². The molecule has 0 amide bonds. The van der Waals surface area contributed by atoms with Gasteiger partial charge in [-0.25, -0.2) is 0 Å². The number of hydrogen-bond donors (Lipinski definition) is 0. The van der Waals surface area contributed by atoms with Crippen molar-refractivity contribution in [2.75, 3.05) is 0 Å². The first kappa shape index (κ1) is 15.2. The number of amidine groups is 1. The number of nitrogens with zero attached hydrogens (tertiary/aromatic N) is 2. The van der Waals surface area contributed by atoms with Gasteiger partial charge in [-0.15, -0.1) is 0 Å². The molecule has 0 heterocycles. The fourth-order valence-electron chi connectivity index (χ4n) is 1.59. The summed E-state index contributed by atoms with van der Waals surface area (Å²) in [6, 6.07) is 14.9. The molecular formula is C15H10Cl2N2Se. The van der Waals surface area contributed by atoms with Gasteiger partial charge in [-0.3, -0.25) is 0 Å². The van der Waals surface area contributed by atoms with Crippen LogP contribution >= 0.6 is 23.2 Å². The molecule has 2 aromatic rings. The summed E-state index contributed by atoms with van der Waals surface area (Å²) in [5.41, 5.74) is 1.96. The molecule has 0 bridgehead atoms. The van der Waals surface area contributed by atoms with Crippen LogP contribution in [0.1, 0.15) is 11.1 Å². The summed E-state index contributed by atoms with van der Waals surface area (Å²) < 4.78 is 2.64. The van der Waals surface area contributed by atoms with Crippen LogP contribution in [0.2, 0.25) is 10.0 Å². The molecule has 2 rings (SSSR count). The van der Waals surface area contributed by atoms with E-state index in [4.69, 9.17) is 23.2 Å². The van der Waals surface area contributed by atoms with Crippen molar-refractivity contribution >= 4 is 49.3 Å². The first-order chi connectivity index (χ1) is 9.69. The first-order valence-electron chi connectivity index (χ1n) is 5.82. The van der Waals surface area contributed by atoms with Gasteiger partial charge in [0.05, 0.1) is 0 Å². The molecule has 0 saturated carbocycles. The Balaban J connectivity index is 2.24. The minimum absolute atomic E-state index is 0.528. The summed E-state index contributed by atoms with van der Waals surface area (Å²) in [6.45, 7) is 0.528. The SMILES string of the molecule is Clc1ccc(CN=C(N=C=[Se])c2ccc(Cl)cc2)cc1. The van der Waals surface area contributed by atoms with Crippen molar-refractivity contribution in [1.29, 1.82) is 0 Å². The Kier molecular flexibility index (Phi) is 5.72. The fourth-order valence-corrected chi connectivity index (χ4v) is 2.02. The zero-order valence-electron chi connectivity index (χ0n) is 10.4. The topological polar surface area (TPSA) is 24.7 Å². The van der Waals surface area contributed by atoms with Crippen LogP contribution in [0.25, 0.3) is 0 Å². The molecule has 100 valence electrons. The van der Waals surface area contributed by atoms with E-state index in [1.165, 1.54) is 0 Å². The van der Waals surface area contributed by atoms with E-state index in [1.54, 1.807) is 0 Å². The van der Waals surface area contributed by atoms with Crippen LogP contribution in [-0.2, 0) is 6.54 Å². The second kappa shape index (κ2) is 7.54. The number of halogens is 2. The maximum atomic E-state index is 5.88. The molecule has 0 spiro atoms. The molecule has 2 nitrogen and oxygen atoms in total. The van der Waals surface area contributed by atoms with Crippen molar-refractivity contribution in [3.63, 3.8) is 0 Å². The Morgan fingerprint density at radius 2 is 1.50 bits per heavy atom. The van der Waals surface area contributed by atoms with Gasteiger partial charge in [0.25, 0.3) is 0 Å². The fraction of sp³-hybridized carbons (Fsp3) is 0.0667. The second-order valence-corrected chi connectivity index (χ2v) is 5.23. The Morgan fingerprint density at radius 3 is 2.05 bits per heavy atom. The molecule has 0 N–H and O–H groups in total. The van der Waals surface area contributed by atoms with Crippen molar-refractivity contribution in [1.82, 2.24) is 0 Å². The summed E-state index contributed by atoms with van der Waals surface area (Å²) in [7, 11) is 0. The summed E-state index contributed by atoms with van der Waals surface area (Å²) in [5, 5.41) is 1.40. The minimum atomic E-state index is 0.528. The quantitative estimate of drug-likeness (QED) is 0.444. The van der Waals surface area contributed by atoms with Crippen molar-refractivity contribution < 1.29 is 0 Å². The first-order valence-corrected chi connectivity index (χ1v) is 7.43. The van der Waals surface area contributed by atoms with E-state index in [0.717, 1.165) is 11.1 Å². The van der Waals surface area contributed by atoms with E-state index >= 15 is 0 Å². The van der Waals surface area contributed by atoms with Crippen LogP contribution in [0.5, 0.6) is 0 Å².